The van der Waals surface area contributed by atoms with Gasteiger partial charge in [0.25, 0.3) is 5.56 Å². The van der Waals surface area contributed by atoms with Crippen LogP contribution < -0.4 is 20.5 Å². The van der Waals surface area contributed by atoms with Crippen LogP contribution in [0.2, 0.25) is 0 Å². The van der Waals surface area contributed by atoms with E-state index in [-0.39, 0.29) is 12.2 Å². The van der Waals surface area contributed by atoms with Crippen LogP contribution >= 0.6 is 0 Å². The molecule has 36 heavy (non-hydrogen) atoms. The van der Waals surface area contributed by atoms with Gasteiger partial charge in [-0.05, 0) is 48.4 Å². The van der Waals surface area contributed by atoms with Crippen LogP contribution in [0.4, 0.5) is 15.0 Å². The zero-order valence-corrected chi connectivity index (χ0v) is 19.9. The Morgan fingerprint density at radius 3 is 2.92 bits per heavy atom. The first-order valence-electron chi connectivity index (χ1n) is 11.7. The van der Waals surface area contributed by atoms with Gasteiger partial charge in [-0.1, -0.05) is 6.58 Å². The third-order valence-corrected chi connectivity index (χ3v) is 6.55. The van der Waals surface area contributed by atoms with Crippen molar-refractivity contribution in [1.82, 2.24) is 14.9 Å². The van der Waals surface area contributed by atoms with E-state index >= 15 is 0 Å². The maximum Gasteiger partial charge on any atom is 0.415 e. The monoisotopic (exact) mass is 494 g/mol. The number of benzene rings is 1. The van der Waals surface area contributed by atoms with Gasteiger partial charge in [-0.25, -0.2) is 14.2 Å². The minimum atomic E-state index is -0.476. The second kappa shape index (κ2) is 9.71. The topological polar surface area (TPSA) is 106 Å². The van der Waals surface area contributed by atoms with Crippen LogP contribution in [-0.2, 0) is 31.2 Å². The number of anilines is 1. The molecular formula is C26H27FN4O5. The standard InChI is InChI=1S/C26H27FN4O5/c1-15-9-21-22(35-14-15)5-6-23(29-21)31-12-17(36-26(31)34)11-28-8-7-19-20(27)4-3-18-16(13-32)10-24(33)30(2)25(18)19/h3-6,10,17,28,32H,1,7-9,11-14H2,2H3/t17-/m0/s1. The summed E-state index contributed by atoms with van der Waals surface area (Å²) in [4.78, 5) is 30.8. The number of aliphatic hydroxyl groups excluding tert-OH is 1. The average Bonchev–Trinajstić information content (AvgIpc) is 3.24. The Morgan fingerprint density at radius 2 is 2.11 bits per heavy atom. The molecule has 9 nitrogen and oxygen atoms in total. The first-order chi connectivity index (χ1) is 17.4. The molecule has 3 aromatic rings. The van der Waals surface area contributed by atoms with Crippen molar-refractivity contribution in [2.75, 3.05) is 31.1 Å². The fraction of sp³-hybridized carbons (Fsp3) is 0.346. The van der Waals surface area contributed by atoms with Crippen molar-refractivity contribution < 1.29 is 23.8 Å². The van der Waals surface area contributed by atoms with Gasteiger partial charge < -0.3 is 24.5 Å². The molecule has 5 rings (SSSR count). The maximum atomic E-state index is 14.7. The highest BCUT2D eigenvalue weighted by Gasteiger charge is 2.33. The van der Waals surface area contributed by atoms with Crippen LogP contribution in [0.25, 0.3) is 10.9 Å². The predicted octanol–water partition coefficient (Wildman–Crippen LogP) is 2.21. The molecule has 1 fully saturated rings. The molecule has 10 heteroatoms. The summed E-state index contributed by atoms with van der Waals surface area (Å²) in [6.07, 6.45) is 0.0415. The fourth-order valence-corrected chi connectivity index (χ4v) is 4.70. The summed E-state index contributed by atoms with van der Waals surface area (Å²) in [6, 6.07) is 7.83. The van der Waals surface area contributed by atoms with Crippen molar-refractivity contribution in [3.8, 4) is 5.75 Å². The predicted molar refractivity (Wildman–Crippen MR) is 132 cm³/mol. The normalized spacial score (nSPS) is 17.3. The molecule has 4 heterocycles. The summed E-state index contributed by atoms with van der Waals surface area (Å²) in [5.41, 5.74) is 2.68. The summed E-state index contributed by atoms with van der Waals surface area (Å²) in [5, 5.41) is 13.5. The molecule has 0 aliphatic carbocycles. The van der Waals surface area contributed by atoms with Gasteiger partial charge in [-0.3, -0.25) is 9.69 Å². The van der Waals surface area contributed by atoms with Gasteiger partial charge in [-0.2, -0.15) is 0 Å². The van der Waals surface area contributed by atoms with E-state index < -0.39 is 18.0 Å². The largest absolute Gasteiger partial charge is 0.487 e. The minimum Gasteiger partial charge on any atom is -0.487 e. The summed E-state index contributed by atoms with van der Waals surface area (Å²) < 4.78 is 27.2. The Morgan fingerprint density at radius 1 is 1.28 bits per heavy atom. The quantitative estimate of drug-likeness (QED) is 0.383. The van der Waals surface area contributed by atoms with Crippen molar-refractivity contribution in [2.45, 2.75) is 25.6 Å². The number of halogens is 1. The lowest BCUT2D eigenvalue weighted by Gasteiger charge is -2.20. The van der Waals surface area contributed by atoms with Crippen molar-refractivity contribution >= 4 is 22.8 Å². The lowest BCUT2D eigenvalue weighted by atomic mass is 10.0. The number of rotatable bonds is 7. The maximum absolute atomic E-state index is 14.7. The Kier molecular flexibility index (Phi) is 6.46. The first-order valence-corrected chi connectivity index (χ1v) is 11.7. The van der Waals surface area contributed by atoms with Crippen molar-refractivity contribution in [1.29, 1.82) is 0 Å². The van der Waals surface area contributed by atoms with Gasteiger partial charge in [0.15, 0.2) is 0 Å². The number of cyclic esters (lactones) is 1. The zero-order chi connectivity index (χ0) is 25.4. The molecule has 1 amide bonds. The lowest BCUT2D eigenvalue weighted by molar-refractivity contribution is 0.140. The summed E-state index contributed by atoms with van der Waals surface area (Å²) in [7, 11) is 1.59. The van der Waals surface area contributed by atoms with Crippen molar-refractivity contribution in [3.63, 3.8) is 0 Å². The number of nitrogens with one attached hydrogen (secondary N) is 1. The molecular weight excluding hydrogens is 467 g/mol. The highest BCUT2D eigenvalue weighted by atomic mass is 19.1. The Balaban J connectivity index is 1.23. The highest BCUT2D eigenvalue weighted by Crippen LogP contribution is 2.29. The Labute approximate surface area is 206 Å². The van der Waals surface area contributed by atoms with E-state index in [1.54, 1.807) is 25.2 Å². The van der Waals surface area contributed by atoms with Crippen LogP contribution in [0, 0.1) is 5.82 Å². The van der Waals surface area contributed by atoms with Gasteiger partial charge in [0.2, 0.25) is 0 Å². The van der Waals surface area contributed by atoms with E-state index in [1.807, 2.05) is 0 Å². The summed E-state index contributed by atoms with van der Waals surface area (Å²) in [5.74, 6) is 0.775. The first kappa shape index (κ1) is 24.0. The molecule has 0 saturated carbocycles. The average molecular weight is 495 g/mol. The van der Waals surface area contributed by atoms with Crippen molar-refractivity contribution in [2.24, 2.45) is 7.05 Å². The molecule has 188 valence electrons. The van der Waals surface area contributed by atoms with Gasteiger partial charge in [-0.15, -0.1) is 0 Å². The van der Waals surface area contributed by atoms with Gasteiger partial charge >= 0.3 is 6.09 Å². The number of fused-ring (bicyclic) bond motifs is 2. The number of aromatic nitrogens is 2. The molecule has 1 aromatic carbocycles. The fourth-order valence-electron chi connectivity index (χ4n) is 4.70. The number of aliphatic hydroxyl groups is 1. The lowest BCUT2D eigenvalue weighted by Crippen LogP contribution is -2.32. The number of carbonyl (C=O) groups excluding carboxylic acids is 1. The molecule has 0 radical (unpaired) electrons. The van der Waals surface area contributed by atoms with E-state index in [0.29, 0.717) is 72.7 Å². The van der Waals surface area contributed by atoms with Gasteiger partial charge in [0.1, 0.15) is 30.1 Å². The summed E-state index contributed by atoms with van der Waals surface area (Å²) in [6.45, 7) is 5.21. The number of aryl methyl sites for hydroxylation is 1. The third kappa shape index (κ3) is 4.45. The molecule has 2 aliphatic heterocycles. The number of carbonyl (C=O) groups is 1. The number of hydrogen-bond donors (Lipinski definition) is 2. The zero-order valence-electron chi connectivity index (χ0n) is 19.9. The molecule has 1 saturated heterocycles. The number of nitrogens with zero attached hydrogens (tertiary/aromatic N) is 3. The van der Waals surface area contributed by atoms with Gasteiger partial charge in [0.05, 0.1) is 24.4 Å². The number of amides is 1. The number of hydrogen-bond acceptors (Lipinski definition) is 7. The molecule has 2 aromatic heterocycles. The second-order valence-corrected chi connectivity index (χ2v) is 9.05. The highest BCUT2D eigenvalue weighted by molar-refractivity contribution is 5.88. The molecule has 0 bridgehead atoms. The molecule has 0 unspecified atom stereocenters. The molecule has 1 atom stereocenters. The van der Waals surface area contributed by atoms with E-state index in [0.717, 1.165) is 11.3 Å². The number of ether oxygens (including phenoxy) is 2. The second-order valence-electron chi connectivity index (χ2n) is 9.05. The summed E-state index contributed by atoms with van der Waals surface area (Å²) >= 11 is 0. The molecule has 2 N–H and O–H groups in total. The minimum absolute atomic E-state index is 0.305. The van der Waals surface area contributed by atoms with Crippen LogP contribution in [0.5, 0.6) is 5.75 Å². The van der Waals surface area contributed by atoms with Crippen LogP contribution in [-0.4, -0.2) is 53.1 Å². The van der Waals surface area contributed by atoms with Crippen LogP contribution in [0.15, 0.2) is 47.3 Å². The van der Waals surface area contributed by atoms with Crippen LogP contribution in [0.1, 0.15) is 16.8 Å². The third-order valence-electron chi connectivity index (χ3n) is 6.55. The van der Waals surface area contributed by atoms with Crippen molar-refractivity contribution in [3.05, 3.63) is 75.5 Å². The smallest absolute Gasteiger partial charge is 0.415 e. The Bertz CT molecular complexity index is 1420. The van der Waals surface area contributed by atoms with E-state index in [4.69, 9.17) is 9.47 Å². The molecule has 2 aliphatic rings. The van der Waals surface area contributed by atoms with E-state index in [1.165, 1.54) is 21.6 Å². The molecule has 0 spiro atoms. The Hall–Kier alpha value is -3.76. The van der Waals surface area contributed by atoms with E-state index in [9.17, 15) is 19.1 Å². The van der Waals surface area contributed by atoms with E-state index in [2.05, 4.69) is 16.9 Å². The van der Waals surface area contributed by atoms with Crippen LogP contribution in [0.3, 0.4) is 0 Å². The van der Waals surface area contributed by atoms with Gasteiger partial charge in [0, 0.05) is 37.0 Å². The SMILES string of the molecule is C=C1COc2ccc(N3C[C@H](CNCCc4c(F)ccc5c(CO)cc(=O)n(C)c45)OC3=O)nc2C1. The number of pyridine rings is 2.